The molecule has 0 aromatic rings. The van der Waals surface area contributed by atoms with E-state index in [2.05, 4.69) is 13.8 Å². The van der Waals surface area contributed by atoms with Gasteiger partial charge in [0.05, 0.1) is 0 Å². The molecule has 0 aliphatic carbocycles. The van der Waals surface area contributed by atoms with Gasteiger partial charge in [-0.25, -0.2) is 4.79 Å². The minimum Gasteiger partial charge on any atom is -0.450 e. The molecule has 1 unspecified atom stereocenters. The summed E-state index contributed by atoms with van der Waals surface area (Å²) >= 11 is 0. The van der Waals surface area contributed by atoms with Crippen molar-refractivity contribution >= 4 is 6.16 Å². The Morgan fingerprint density at radius 1 is 0.571 bits per heavy atom. The fourth-order valence-corrected chi connectivity index (χ4v) is 3.95. The Hall–Kier alpha value is -0.730. The Labute approximate surface area is 176 Å². The van der Waals surface area contributed by atoms with Crippen LogP contribution in [0, 0.1) is 0 Å². The van der Waals surface area contributed by atoms with Crippen LogP contribution in [0.3, 0.4) is 0 Å². The normalized spacial score (nSPS) is 12.2. The molecule has 0 saturated carbocycles. The molecule has 0 heterocycles. The Morgan fingerprint density at radius 2 is 0.857 bits per heavy atom. The lowest BCUT2D eigenvalue weighted by atomic mass is 10.0. The van der Waals surface area contributed by atoms with Crippen molar-refractivity contribution in [3.63, 3.8) is 0 Å². The number of hydrogen-bond acceptors (Lipinski definition) is 2. The van der Waals surface area contributed by atoms with Crippen LogP contribution in [0.15, 0.2) is 0 Å². The second-order valence-electron chi connectivity index (χ2n) is 8.59. The van der Waals surface area contributed by atoms with E-state index < -0.39 is 6.16 Å². The molecule has 0 aromatic heterocycles. The number of hydrogen-bond donors (Lipinski definition) is 1. The molecule has 0 spiro atoms. The third kappa shape index (κ3) is 21.6. The van der Waals surface area contributed by atoms with Crippen LogP contribution in [0.5, 0.6) is 0 Å². The highest BCUT2D eigenvalue weighted by Crippen LogP contribution is 2.17. The minimum absolute atomic E-state index is 0.0873. The first kappa shape index (κ1) is 27.3. The van der Waals surface area contributed by atoms with Gasteiger partial charge in [0, 0.05) is 0 Å². The van der Waals surface area contributed by atoms with Crippen molar-refractivity contribution in [3.05, 3.63) is 0 Å². The van der Waals surface area contributed by atoms with Crippen molar-refractivity contribution < 1.29 is 14.6 Å². The van der Waals surface area contributed by atoms with E-state index >= 15 is 0 Å². The van der Waals surface area contributed by atoms with Crippen LogP contribution in [0.4, 0.5) is 4.79 Å². The largest absolute Gasteiger partial charge is 0.506 e. The molecule has 3 nitrogen and oxygen atoms in total. The van der Waals surface area contributed by atoms with E-state index in [0.29, 0.717) is 0 Å². The van der Waals surface area contributed by atoms with Crippen LogP contribution < -0.4 is 0 Å². The van der Waals surface area contributed by atoms with E-state index in [1.807, 2.05) is 0 Å². The lowest BCUT2D eigenvalue weighted by Crippen LogP contribution is -2.16. The number of ether oxygens (including phenoxy) is 1. The number of carbonyl (C=O) groups is 1. The number of unbranched alkanes of at least 4 members (excludes halogenated alkanes) is 17. The summed E-state index contributed by atoms with van der Waals surface area (Å²) in [5, 5.41) is 8.85. The van der Waals surface area contributed by atoms with Gasteiger partial charge in [-0.2, -0.15) is 0 Å². The monoisotopic (exact) mass is 398 g/mol. The second-order valence-corrected chi connectivity index (χ2v) is 8.59. The summed E-state index contributed by atoms with van der Waals surface area (Å²) in [5.41, 5.74) is 0. The van der Waals surface area contributed by atoms with Crippen LogP contribution >= 0.6 is 0 Å². The first-order valence-corrected chi connectivity index (χ1v) is 12.6. The first-order chi connectivity index (χ1) is 13.7. The van der Waals surface area contributed by atoms with Crippen molar-refractivity contribution in [3.8, 4) is 0 Å². The molecule has 0 aromatic carbocycles. The van der Waals surface area contributed by atoms with Crippen molar-refractivity contribution in [1.82, 2.24) is 0 Å². The van der Waals surface area contributed by atoms with Crippen molar-refractivity contribution in [2.24, 2.45) is 0 Å². The molecule has 0 amide bonds. The van der Waals surface area contributed by atoms with Gasteiger partial charge >= 0.3 is 6.16 Å². The summed E-state index contributed by atoms with van der Waals surface area (Å²) in [7, 11) is 0. The molecule has 0 bridgehead atoms. The number of rotatable bonds is 22. The molecule has 28 heavy (non-hydrogen) atoms. The van der Waals surface area contributed by atoms with Gasteiger partial charge in [-0.05, 0) is 25.7 Å². The Balaban J connectivity index is 3.33. The maximum Gasteiger partial charge on any atom is 0.506 e. The van der Waals surface area contributed by atoms with E-state index in [4.69, 9.17) is 9.84 Å². The molecule has 0 aliphatic heterocycles. The van der Waals surface area contributed by atoms with E-state index in [-0.39, 0.29) is 6.10 Å². The van der Waals surface area contributed by atoms with E-state index in [1.54, 1.807) is 0 Å². The number of carboxylic acid groups (broad SMARTS) is 1. The SMILES string of the molecule is CCCCCCCCCCCCCCCCCCC(CCCCC)OC(=O)O. The van der Waals surface area contributed by atoms with Crippen molar-refractivity contribution in [2.75, 3.05) is 0 Å². The maximum absolute atomic E-state index is 10.8. The fraction of sp³-hybridized carbons (Fsp3) is 0.960. The average molecular weight is 399 g/mol. The quantitative estimate of drug-likeness (QED) is 0.146. The molecule has 0 fully saturated rings. The van der Waals surface area contributed by atoms with Gasteiger partial charge in [-0.3, -0.25) is 0 Å². The van der Waals surface area contributed by atoms with Crippen molar-refractivity contribution in [2.45, 2.75) is 155 Å². The van der Waals surface area contributed by atoms with Gasteiger partial charge in [0.25, 0.3) is 0 Å². The molecule has 0 aliphatic rings. The summed E-state index contributed by atoms with van der Waals surface area (Å²) < 4.78 is 5.04. The summed E-state index contributed by atoms with van der Waals surface area (Å²) in [5.74, 6) is 0. The van der Waals surface area contributed by atoms with Gasteiger partial charge in [-0.1, -0.05) is 123 Å². The van der Waals surface area contributed by atoms with Gasteiger partial charge in [0.2, 0.25) is 0 Å². The summed E-state index contributed by atoms with van der Waals surface area (Å²) in [6.07, 6.45) is 25.9. The molecule has 1 N–H and O–H groups in total. The lowest BCUT2D eigenvalue weighted by Gasteiger charge is -2.15. The fourth-order valence-electron chi connectivity index (χ4n) is 3.95. The van der Waals surface area contributed by atoms with E-state index in [1.165, 1.54) is 109 Å². The van der Waals surface area contributed by atoms with Crippen LogP contribution in [-0.4, -0.2) is 17.4 Å². The summed E-state index contributed by atoms with van der Waals surface area (Å²) in [6, 6.07) is 0. The lowest BCUT2D eigenvalue weighted by molar-refractivity contribution is 0.0423. The minimum atomic E-state index is -1.11. The van der Waals surface area contributed by atoms with Gasteiger partial charge < -0.3 is 9.84 Å². The Kier molecular flexibility index (Phi) is 22.0. The second kappa shape index (κ2) is 22.6. The smallest absolute Gasteiger partial charge is 0.450 e. The van der Waals surface area contributed by atoms with Gasteiger partial charge in [0.15, 0.2) is 0 Å². The van der Waals surface area contributed by atoms with Gasteiger partial charge in [0.1, 0.15) is 6.10 Å². The maximum atomic E-state index is 10.8. The molecule has 0 saturated heterocycles. The predicted octanol–water partition coefficient (Wildman–Crippen LogP) is 9.28. The highest BCUT2D eigenvalue weighted by Gasteiger charge is 2.12. The summed E-state index contributed by atoms with van der Waals surface area (Å²) in [4.78, 5) is 10.8. The molecule has 168 valence electrons. The van der Waals surface area contributed by atoms with E-state index in [9.17, 15) is 4.79 Å². The molecular weight excluding hydrogens is 348 g/mol. The molecule has 3 heteroatoms. The zero-order chi connectivity index (χ0) is 20.7. The third-order valence-electron chi connectivity index (χ3n) is 5.78. The standard InChI is InChI=1S/C25H50O3/c1-3-5-7-8-9-10-11-12-13-14-15-16-17-18-19-21-23-24(28-25(26)27)22-20-6-4-2/h24H,3-23H2,1-2H3,(H,26,27). The molecule has 1 atom stereocenters. The topological polar surface area (TPSA) is 46.5 Å². The molecule has 0 rings (SSSR count). The highest BCUT2D eigenvalue weighted by molar-refractivity contribution is 5.57. The highest BCUT2D eigenvalue weighted by atomic mass is 16.7. The zero-order valence-electron chi connectivity index (χ0n) is 19.2. The van der Waals surface area contributed by atoms with Gasteiger partial charge in [-0.15, -0.1) is 0 Å². The van der Waals surface area contributed by atoms with Crippen LogP contribution in [0.2, 0.25) is 0 Å². The Morgan fingerprint density at radius 3 is 1.21 bits per heavy atom. The average Bonchev–Trinajstić information content (AvgIpc) is 2.67. The Bertz CT molecular complexity index is 317. The van der Waals surface area contributed by atoms with Crippen LogP contribution in [0.1, 0.15) is 149 Å². The van der Waals surface area contributed by atoms with Crippen molar-refractivity contribution in [1.29, 1.82) is 0 Å². The van der Waals surface area contributed by atoms with Crippen LogP contribution in [0.25, 0.3) is 0 Å². The van der Waals surface area contributed by atoms with Crippen LogP contribution in [-0.2, 0) is 4.74 Å². The first-order valence-electron chi connectivity index (χ1n) is 12.6. The molecular formula is C25H50O3. The third-order valence-corrected chi connectivity index (χ3v) is 5.78. The molecule has 0 radical (unpaired) electrons. The predicted molar refractivity (Wildman–Crippen MR) is 121 cm³/mol. The van der Waals surface area contributed by atoms with E-state index in [0.717, 1.165) is 25.7 Å². The zero-order valence-corrected chi connectivity index (χ0v) is 19.2. The summed E-state index contributed by atoms with van der Waals surface area (Å²) in [6.45, 7) is 4.45.